The molecule has 0 unspecified atom stereocenters. The van der Waals surface area contributed by atoms with Gasteiger partial charge >= 0.3 is 0 Å². The number of benzene rings is 1. The fraction of sp³-hybridized carbons (Fsp3) is 0.286. The summed E-state index contributed by atoms with van der Waals surface area (Å²) in [6, 6.07) is 12.1. The number of nitrogens with zero attached hydrogens (tertiary/aromatic N) is 2. The molecule has 16 heavy (non-hydrogen) atoms. The molecule has 1 aromatic heterocycles. The lowest BCUT2D eigenvalue weighted by molar-refractivity contribution is 1.10. The molecule has 2 aromatic rings. The van der Waals surface area contributed by atoms with Crippen LogP contribution in [0.5, 0.6) is 0 Å². The van der Waals surface area contributed by atoms with E-state index in [4.69, 9.17) is 0 Å². The van der Waals surface area contributed by atoms with E-state index in [9.17, 15) is 0 Å². The number of aryl methyl sites for hydroxylation is 2. The zero-order valence-electron chi connectivity index (χ0n) is 10.5. The van der Waals surface area contributed by atoms with Crippen molar-refractivity contribution in [2.75, 3.05) is 0 Å². The molecular weight excluding hydrogens is 196 g/mol. The van der Waals surface area contributed by atoms with Gasteiger partial charge in [-0.25, -0.2) is 9.97 Å². The van der Waals surface area contributed by atoms with Gasteiger partial charge in [0.15, 0.2) is 0 Å². The highest BCUT2D eigenvalue weighted by Crippen LogP contribution is 1.92. The molecule has 0 aliphatic heterocycles. The topological polar surface area (TPSA) is 25.8 Å². The summed E-state index contributed by atoms with van der Waals surface area (Å²) in [5.74, 6) is 0. The quantitative estimate of drug-likeness (QED) is 0.669. The third-order valence-corrected chi connectivity index (χ3v) is 1.67. The van der Waals surface area contributed by atoms with E-state index in [1.165, 1.54) is 11.9 Å². The Balaban J connectivity index is 0.000000244. The average molecular weight is 216 g/mol. The first-order valence-electron chi connectivity index (χ1n) is 5.53. The summed E-state index contributed by atoms with van der Waals surface area (Å²) in [7, 11) is 0. The summed E-state index contributed by atoms with van der Waals surface area (Å²) >= 11 is 0. The highest BCUT2D eigenvalue weighted by molar-refractivity contribution is 5.11. The van der Waals surface area contributed by atoms with Gasteiger partial charge in [-0.15, -0.1) is 0 Å². The van der Waals surface area contributed by atoms with Crippen molar-refractivity contribution >= 4 is 0 Å². The van der Waals surface area contributed by atoms with E-state index in [1.807, 2.05) is 45.0 Å². The molecule has 0 aliphatic carbocycles. The Morgan fingerprint density at radius 1 is 0.875 bits per heavy atom. The van der Waals surface area contributed by atoms with Crippen LogP contribution < -0.4 is 0 Å². The molecular formula is C14H20N2. The van der Waals surface area contributed by atoms with Crippen molar-refractivity contribution in [2.45, 2.75) is 27.7 Å². The average Bonchev–Trinajstić information content (AvgIpc) is 2.34. The van der Waals surface area contributed by atoms with E-state index in [-0.39, 0.29) is 0 Å². The van der Waals surface area contributed by atoms with E-state index in [1.54, 1.807) is 6.20 Å². The van der Waals surface area contributed by atoms with Crippen LogP contribution in [0.3, 0.4) is 0 Å². The summed E-state index contributed by atoms with van der Waals surface area (Å²) in [5.41, 5.74) is 2.33. The van der Waals surface area contributed by atoms with Gasteiger partial charge in [-0.1, -0.05) is 49.7 Å². The van der Waals surface area contributed by atoms with Crippen LogP contribution in [0, 0.1) is 13.8 Å². The van der Waals surface area contributed by atoms with Crippen LogP contribution in [-0.4, -0.2) is 9.97 Å². The Hall–Kier alpha value is -1.70. The van der Waals surface area contributed by atoms with E-state index in [0.717, 1.165) is 5.69 Å². The third-order valence-electron chi connectivity index (χ3n) is 1.67. The molecule has 86 valence electrons. The summed E-state index contributed by atoms with van der Waals surface area (Å²) in [6.07, 6.45) is 3.26. The molecule has 2 nitrogen and oxygen atoms in total. The molecule has 0 spiro atoms. The predicted octanol–water partition coefficient (Wildman–Crippen LogP) is 3.81. The molecule has 0 amide bonds. The maximum Gasteiger partial charge on any atom is 0.115 e. The Morgan fingerprint density at radius 3 is 1.75 bits per heavy atom. The Labute approximate surface area is 98.4 Å². The first-order chi connectivity index (χ1) is 7.79. The highest BCUT2D eigenvalue weighted by Gasteiger charge is 1.74. The number of rotatable bonds is 0. The lowest BCUT2D eigenvalue weighted by atomic mass is 10.2. The highest BCUT2D eigenvalue weighted by atomic mass is 14.8. The van der Waals surface area contributed by atoms with Crippen molar-refractivity contribution in [1.82, 2.24) is 9.97 Å². The zero-order valence-corrected chi connectivity index (χ0v) is 10.5. The van der Waals surface area contributed by atoms with Gasteiger partial charge in [-0.3, -0.25) is 0 Å². The molecule has 0 N–H and O–H groups in total. The van der Waals surface area contributed by atoms with Gasteiger partial charge in [-0.2, -0.15) is 0 Å². The first kappa shape index (κ1) is 14.3. The number of hydrogen-bond acceptors (Lipinski definition) is 2. The number of aromatic nitrogens is 2. The molecule has 0 radical (unpaired) electrons. The van der Waals surface area contributed by atoms with Crippen molar-refractivity contribution < 1.29 is 0 Å². The van der Waals surface area contributed by atoms with Crippen molar-refractivity contribution in [3.8, 4) is 0 Å². The molecule has 2 rings (SSSR count). The molecule has 0 fully saturated rings. The van der Waals surface area contributed by atoms with Crippen LogP contribution in [0.15, 0.2) is 48.9 Å². The van der Waals surface area contributed by atoms with Gasteiger partial charge in [0.2, 0.25) is 0 Å². The second-order valence-corrected chi connectivity index (χ2v) is 3.01. The molecule has 2 heteroatoms. The fourth-order valence-electron chi connectivity index (χ4n) is 0.891. The maximum absolute atomic E-state index is 3.87. The largest absolute Gasteiger partial charge is 0.245 e. The maximum atomic E-state index is 3.87. The van der Waals surface area contributed by atoms with Crippen LogP contribution in [0.25, 0.3) is 0 Å². The van der Waals surface area contributed by atoms with Crippen molar-refractivity contribution in [1.29, 1.82) is 0 Å². The van der Waals surface area contributed by atoms with E-state index >= 15 is 0 Å². The SMILES string of the molecule is CC.Cc1ccccc1.Cc1ccncn1. The Morgan fingerprint density at radius 2 is 1.50 bits per heavy atom. The Kier molecular flexibility index (Phi) is 8.79. The summed E-state index contributed by atoms with van der Waals surface area (Å²) < 4.78 is 0. The van der Waals surface area contributed by atoms with Crippen LogP contribution >= 0.6 is 0 Å². The smallest absolute Gasteiger partial charge is 0.115 e. The van der Waals surface area contributed by atoms with Crippen molar-refractivity contribution in [3.05, 3.63) is 60.2 Å². The summed E-state index contributed by atoms with van der Waals surface area (Å²) in [5, 5.41) is 0. The van der Waals surface area contributed by atoms with E-state index in [2.05, 4.69) is 29.0 Å². The van der Waals surface area contributed by atoms with Crippen LogP contribution in [0.2, 0.25) is 0 Å². The molecule has 1 aromatic carbocycles. The van der Waals surface area contributed by atoms with Crippen molar-refractivity contribution in [2.24, 2.45) is 0 Å². The minimum absolute atomic E-state index is 1.01. The van der Waals surface area contributed by atoms with E-state index in [0.29, 0.717) is 0 Å². The second-order valence-electron chi connectivity index (χ2n) is 3.01. The minimum Gasteiger partial charge on any atom is -0.245 e. The summed E-state index contributed by atoms with van der Waals surface area (Å²) in [6.45, 7) is 8.02. The van der Waals surface area contributed by atoms with Gasteiger partial charge in [-0.05, 0) is 19.9 Å². The monoisotopic (exact) mass is 216 g/mol. The fourth-order valence-corrected chi connectivity index (χ4v) is 0.891. The van der Waals surface area contributed by atoms with Crippen LogP contribution in [-0.2, 0) is 0 Å². The molecule has 0 saturated carbocycles. The minimum atomic E-state index is 1.01. The standard InChI is InChI=1S/C7H8.C5H6N2.C2H6/c1-7-5-3-2-4-6-7;1-5-2-3-6-4-7-5;1-2/h2-6H,1H3;2-4H,1H3;1-2H3. The lowest BCUT2D eigenvalue weighted by Crippen LogP contribution is -1.77. The first-order valence-corrected chi connectivity index (χ1v) is 5.53. The molecule has 0 bridgehead atoms. The molecule has 0 atom stereocenters. The van der Waals surface area contributed by atoms with Crippen LogP contribution in [0.1, 0.15) is 25.1 Å². The van der Waals surface area contributed by atoms with Gasteiger partial charge in [0.05, 0.1) is 0 Å². The van der Waals surface area contributed by atoms with Gasteiger partial charge < -0.3 is 0 Å². The van der Waals surface area contributed by atoms with Gasteiger partial charge in [0.1, 0.15) is 6.33 Å². The number of hydrogen-bond donors (Lipinski definition) is 0. The predicted molar refractivity (Wildman–Crippen MR) is 69.3 cm³/mol. The van der Waals surface area contributed by atoms with Crippen LogP contribution in [0.4, 0.5) is 0 Å². The molecule has 0 aliphatic rings. The summed E-state index contributed by atoms with van der Waals surface area (Å²) in [4.78, 5) is 7.60. The second kappa shape index (κ2) is 9.84. The third kappa shape index (κ3) is 7.68. The normalized spacial score (nSPS) is 8.00. The lowest BCUT2D eigenvalue weighted by Gasteiger charge is -1.82. The molecule has 0 saturated heterocycles. The van der Waals surface area contributed by atoms with Gasteiger partial charge in [0, 0.05) is 11.9 Å². The van der Waals surface area contributed by atoms with E-state index < -0.39 is 0 Å². The van der Waals surface area contributed by atoms with Crippen molar-refractivity contribution in [3.63, 3.8) is 0 Å². The molecule has 1 heterocycles. The van der Waals surface area contributed by atoms with Gasteiger partial charge in [0.25, 0.3) is 0 Å². The Bertz CT molecular complexity index is 306. The zero-order chi connectivity index (χ0) is 12.2.